The molecule has 0 spiro atoms. The predicted octanol–water partition coefficient (Wildman–Crippen LogP) is 3.90. The molecule has 63 heavy (non-hydrogen) atoms. The molecule has 7 amide bonds. The van der Waals surface area contributed by atoms with Crippen LogP contribution in [0.15, 0.2) is 48.5 Å². The van der Waals surface area contributed by atoms with Gasteiger partial charge in [-0.05, 0) is 98.5 Å². The van der Waals surface area contributed by atoms with E-state index in [1.165, 1.54) is 30.0 Å². The van der Waals surface area contributed by atoms with Gasteiger partial charge in [0.2, 0.25) is 23.6 Å². The van der Waals surface area contributed by atoms with E-state index in [1.807, 2.05) is 11.0 Å². The number of unbranched alkanes of at least 4 members (excludes halogenated alkanes) is 1. The quantitative estimate of drug-likeness (QED) is 0.127. The Bertz CT molecular complexity index is 2590. The minimum atomic E-state index is -3.76. The monoisotopic (exact) mass is 879 g/mol. The molecule has 330 valence electrons. The second kappa shape index (κ2) is 18.4. The number of likely N-dealkylation sites (tertiary alicyclic amines) is 1. The Balaban J connectivity index is 0.956. The number of benzene rings is 3. The zero-order valence-electron chi connectivity index (χ0n) is 35.3. The van der Waals surface area contributed by atoms with Gasteiger partial charge in [-0.25, -0.2) is 8.42 Å². The van der Waals surface area contributed by atoms with Crippen molar-refractivity contribution in [3.63, 3.8) is 0 Å². The number of hydrogen-bond donors (Lipinski definition) is 3. The van der Waals surface area contributed by atoms with E-state index < -0.39 is 51.3 Å². The second-order valence-electron chi connectivity index (χ2n) is 16.4. The molecular formula is C46H49N5O11S. The zero-order valence-corrected chi connectivity index (χ0v) is 36.1. The Morgan fingerprint density at radius 1 is 0.968 bits per heavy atom. The number of carbonyl (C=O) groups is 7. The Hall–Kier alpha value is -6.54. The first-order chi connectivity index (χ1) is 30.0. The van der Waals surface area contributed by atoms with Gasteiger partial charge in [0.15, 0.2) is 11.5 Å². The van der Waals surface area contributed by atoms with Gasteiger partial charge in [0.05, 0.1) is 35.2 Å². The van der Waals surface area contributed by atoms with Gasteiger partial charge in [0.25, 0.3) is 17.7 Å². The highest BCUT2D eigenvalue weighted by Crippen LogP contribution is 2.39. The molecule has 16 nitrogen and oxygen atoms in total. The lowest BCUT2D eigenvalue weighted by Crippen LogP contribution is -2.52. The molecule has 3 aromatic rings. The van der Waals surface area contributed by atoms with Gasteiger partial charge in [-0.2, -0.15) is 0 Å². The average Bonchev–Trinajstić information content (AvgIpc) is 3.70. The normalized spacial score (nSPS) is 18.1. The fourth-order valence-electron chi connectivity index (χ4n) is 8.69. The summed E-state index contributed by atoms with van der Waals surface area (Å²) in [6.07, 6.45) is 4.65. The summed E-state index contributed by atoms with van der Waals surface area (Å²) >= 11 is 0. The largest absolute Gasteiger partial charge is 0.504 e. The third-order valence-corrected chi connectivity index (χ3v) is 12.7. The van der Waals surface area contributed by atoms with E-state index in [-0.39, 0.29) is 83.5 Å². The lowest BCUT2D eigenvalue weighted by atomic mass is 9.95. The molecule has 0 radical (unpaired) electrons. The topological polar surface area (TPSA) is 217 Å². The molecule has 0 saturated carbocycles. The molecule has 0 aliphatic carbocycles. The summed E-state index contributed by atoms with van der Waals surface area (Å²) in [5.41, 5.74) is 2.98. The molecule has 7 rings (SSSR count). The number of nitrogens with one attached hydrogen (secondary N) is 2. The zero-order chi connectivity index (χ0) is 45.2. The minimum Gasteiger partial charge on any atom is -0.504 e. The highest BCUT2D eigenvalue weighted by Gasteiger charge is 2.44. The first-order valence-electron chi connectivity index (χ1n) is 21.0. The van der Waals surface area contributed by atoms with Gasteiger partial charge in [0.1, 0.15) is 15.9 Å². The number of amides is 7. The summed E-state index contributed by atoms with van der Waals surface area (Å²) in [4.78, 5) is 95.2. The van der Waals surface area contributed by atoms with Crippen molar-refractivity contribution in [1.29, 1.82) is 0 Å². The van der Waals surface area contributed by atoms with Crippen molar-refractivity contribution >= 4 is 56.9 Å². The third-order valence-electron chi connectivity index (χ3n) is 11.8. The number of hydrogen-bond acceptors (Lipinski definition) is 11. The SMILES string of the molecule is CCOc1cc([C@@H](CS(C)(=O)=O)N2C(=O)c3cc(CCCCC(=O)N4CCC(C#Cc5cccc6c5CN(C5CCC(=O)NC5=O)C6=O)CC4)cc(NC(C)=O)c3C2=O)ccc1O. The molecule has 2 fully saturated rings. The Kier molecular flexibility index (Phi) is 13.0. The van der Waals surface area contributed by atoms with Crippen LogP contribution in [0.3, 0.4) is 0 Å². The van der Waals surface area contributed by atoms with E-state index in [0.717, 1.165) is 22.3 Å². The van der Waals surface area contributed by atoms with Crippen LogP contribution in [-0.2, 0) is 42.0 Å². The van der Waals surface area contributed by atoms with Crippen molar-refractivity contribution in [3.8, 4) is 23.3 Å². The van der Waals surface area contributed by atoms with Gasteiger partial charge < -0.3 is 25.0 Å². The summed E-state index contributed by atoms with van der Waals surface area (Å²) in [5.74, 6) is 2.90. The molecule has 3 N–H and O–H groups in total. The number of phenolic OH excluding ortho intramolecular Hbond substituents is 1. The number of anilines is 1. The van der Waals surface area contributed by atoms with E-state index in [1.54, 1.807) is 31.2 Å². The molecule has 1 unspecified atom stereocenters. The van der Waals surface area contributed by atoms with E-state index in [4.69, 9.17) is 4.74 Å². The summed E-state index contributed by atoms with van der Waals surface area (Å²) in [6.45, 7) is 4.51. The van der Waals surface area contributed by atoms with Crippen LogP contribution >= 0.6 is 0 Å². The molecule has 0 bridgehead atoms. The number of carbonyl (C=O) groups excluding carboxylic acids is 7. The van der Waals surface area contributed by atoms with Gasteiger partial charge >= 0.3 is 0 Å². The average molecular weight is 880 g/mol. The lowest BCUT2D eigenvalue weighted by molar-refractivity contribution is -0.137. The maximum absolute atomic E-state index is 14.1. The molecule has 17 heteroatoms. The maximum Gasteiger partial charge on any atom is 0.264 e. The van der Waals surface area contributed by atoms with Crippen molar-refractivity contribution in [2.45, 2.75) is 83.8 Å². The summed E-state index contributed by atoms with van der Waals surface area (Å²) in [7, 11) is -3.76. The molecule has 2 saturated heterocycles. The molecule has 3 aromatic carbocycles. The van der Waals surface area contributed by atoms with Gasteiger partial charge in [0, 0.05) is 62.7 Å². The van der Waals surface area contributed by atoms with Crippen LogP contribution < -0.4 is 15.4 Å². The van der Waals surface area contributed by atoms with Gasteiger partial charge in [-0.3, -0.25) is 43.8 Å². The first kappa shape index (κ1) is 44.5. The lowest BCUT2D eigenvalue weighted by Gasteiger charge is -2.30. The van der Waals surface area contributed by atoms with E-state index in [2.05, 4.69) is 22.5 Å². The number of phenols is 1. The van der Waals surface area contributed by atoms with Crippen LogP contribution in [-0.4, -0.2) is 107 Å². The predicted molar refractivity (Wildman–Crippen MR) is 229 cm³/mol. The Morgan fingerprint density at radius 2 is 1.73 bits per heavy atom. The van der Waals surface area contributed by atoms with Crippen LogP contribution in [0.2, 0.25) is 0 Å². The highest BCUT2D eigenvalue weighted by atomic mass is 32.2. The Morgan fingerprint density at radius 3 is 2.43 bits per heavy atom. The van der Waals surface area contributed by atoms with E-state index in [0.29, 0.717) is 62.7 Å². The third kappa shape index (κ3) is 9.76. The van der Waals surface area contributed by atoms with Crippen LogP contribution in [0.5, 0.6) is 11.5 Å². The van der Waals surface area contributed by atoms with Crippen LogP contribution in [0.1, 0.15) is 118 Å². The number of piperidine rings is 2. The van der Waals surface area contributed by atoms with Crippen LogP contribution in [0, 0.1) is 17.8 Å². The van der Waals surface area contributed by atoms with Crippen molar-refractivity contribution in [2.24, 2.45) is 5.92 Å². The van der Waals surface area contributed by atoms with E-state index in [9.17, 15) is 47.1 Å². The number of sulfone groups is 1. The number of nitrogens with zero attached hydrogens (tertiary/aromatic N) is 3. The number of aromatic hydroxyl groups is 1. The minimum absolute atomic E-state index is 0.0114. The van der Waals surface area contributed by atoms with E-state index >= 15 is 0 Å². The molecular weight excluding hydrogens is 831 g/mol. The summed E-state index contributed by atoms with van der Waals surface area (Å²) in [6, 6.07) is 10.7. The number of rotatable bonds is 13. The Labute approximate surface area is 365 Å². The fraction of sp³-hybridized carbons (Fsp3) is 0.413. The molecule has 4 heterocycles. The van der Waals surface area contributed by atoms with Gasteiger partial charge in [-0.15, -0.1) is 0 Å². The highest BCUT2D eigenvalue weighted by molar-refractivity contribution is 7.90. The van der Waals surface area contributed by atoms with Crippen molar-refractivity contribution in [2.75, 3.05) is 37.0 Å². The van der Waals surface area contributed by atoms with Crippen molar-refractivity contribution in [1.82, 2.24) is 20.0 Å². The van der Waals surface area contributed by atoms with Crippen LogP contribution in [0.4, 0.5) is 5.69 Å². The maximum atomic E-state index is 14.1. The van der Waals surface area contributed by atoms with Gasteiger partial charge in [-0.1, -0.05) is 24.0 Å². The molecule has 0 aromatic heterocycles. The first-order valence-corrected chi connectivity index (χ1v) is 23.1. The van der Waals surface area contributed by atoms with Crippen molar-refractivity contribution < 1.29 is 51.8 Å². The smallest absolute Gasteiger partial charge is 0.264 e. The molecule has 4 aliphatic rings. The summed E-state index contributed by atoms with van der Waals surface area (Å²) in [5, 5.41) is 15.3. The molecule has 2 atom stereocenters. The number of ether oxygens (including phenoxy) is 1. The number of aryl methyl sites for hydroxylation is 1. The summed E-state index contributed by atoms with van der Waals surface area (Å²) < 4.78 is 30.8. The number of imide groups is 2. The number of fused-ring (bicyclic) bond motifs is 2. The van der Waals surface area contributed by atoms with Crippen LogP contribution in [0.25, 0.3) is 0 Å². The standard InChI is InChI=1S/C46H49N5O11S/c1-4-62-39-24-31(14-16-38(39)53)37(26-63(3,60)61)51-45(58)33-22-29(23-35(47-27(2)52)42(33)46(51)59)8-5-6-11-41(55)49-20-18-28(19-21-49)12-13-30-9-7-10-32-34(30)25-50(44(32)57)36-15-17-40(54)48-43(36)56/h7,9-10,14,16,22-24,28,36-37,53H,4-6,8,11,15,17-21,25-26H2,1-3H3,(H,47,52)(H,48,54,56)/t36?,37-/m1/s1. The second-order valence-corrected chi connectivity index (χ2v) is 18.5. The fourth-order valence-corrected chi connectivity index (χ4v) is 9.61. The molecule has 4 aliphatic heterocycles. The van der Waals surface area contributed by atoms with Crippen molar-refractivity contribution in [3.05, 3.63) is 87.5 Å².